The first-order valence-corrected chi connectivity index (χ1v) is 5.45. The fraction of sp³-hybridized carbons (Fsp3) is 0.462. The van der Waals surface area contributed by atoms with Crippen molar-refractivity contribution in [3.8, 4) is 0 Å². The Morgan fingerprint density at radius 3 is 2.40 bits per heavy atom. The monoisotopic (exact) mass is 206 g/mol. The Morgan fingerprint density at radius 2 is 1.93 bits per heavy atom. The summed E-state index contributed by atoms with van der Waals surface area (Å²) in [5.41, 5.74) is 1.59. The topological polar surface area (TPSA) is 37.3 Å². The lowest BCUT2D eigenvalue weighted by molar-refractivity contribution is 0.0697. The normalized spacial score (nSPS) is 12.4. The molecular formula is C13H18O2. The number of hydrogen-bond donors (Lipinski definition) is 1. The number of hydrogen-bond acceptors (Lipinski definition) is 1. The molecule has 0 aromatic heterocycles. The van der Waals surface area contributed by atoms with Crippen LogP contribution in [0.2, 0.25) is 0 Å². The summed E-state index contributed by atoms with van der Waals surface area (Å²) in [4.78, 5) is 10.6. The molecule has 0 aliphatic carbocycles. The van der Waals surface area contributed by atoms with E-state index >= 15 is 0 Å². The molecule has 1 aromatic carbocycles. The Kier molecular flexibility index (Phi) is 4.35. The fourth-order valence-corrected chi connectivity index (χ4v) is 1.78. The number of rotatable bonds is 5. The smallest absolute Gasteiger partial charge is 0.335 e. The quantitative estimate of drug-likeness (QED) is 0.802. The molecule has 1 aromatic rings. The van der Waals surface area contributed by atoms with Crippen LogP contribution in [0.15, 0.2) is 24.3 Å². The maximum atomic E-state index is 10.6. The molecule has 0 radical (unpaired) electrons. The fourth-order valence-electron chi connectivity index (χ4n) is 1.78. The lowest BCUT2D eigenvalue weighted by atomic mass is 9.96. The van der Waals surface area contributed by atoms with Crippen LogP contribution < -0.4 is 0 Å². The molecular weight excluding hydrogens is 188 g/mol. The van der Waals surface area contributed by atoms with Crippen LogP contribution in [0.25, 0.3) is 0 Å². The van der Waals surface area contributed by atoms with Crippen LogP contribution in [0.3, 0.4) is 0 Å². The third kappa shape index (κ3) is 3.74. The van der Waals surface area contributed by atoms with Gasteiger partial charge in [-0.15, -0.1) is 0 Å². The number of benzene rings is 1. The minimum atomic E-state index is -0.858. The molecule has 0 heterocycles. The van der Waals surface area contributed by atoms with Gasteiger partial charge in [0, 0.05) is 0 Å². The van der Waals surface area contributed by atoms with E-state index in [2.05, 4.69) is 13.8 Å². The zero-order valence-corrected chi connectivity index (χ0v) is 9.36. The summed E-state index contributed by atoms with van der Waals surface area (Å²) >= 11 is 0. The molecule has 0 saturated carbocycles. The molecule has 1 rings (SSSR count). The van der Waals surface area contributed by atoms with Crippen LogP contribution in [-0.2, 0) is 6.42 Å². The van der Waals surface area contributed by atoms with Crippen molar-refractivity contribution in [1.29, 1.82) is 0 Å². The zero-order chi connectivity index (χ0) is 11.3. The molecule has 0 spiro atoms. The summed E-state index contributed by atoms with van der Waals surface area (Å²) in [7, 11) is 0. The van der Waals surface area contributed by atoms with E-state index in [0.29, 0.717) is 11.5 Å². The molecule has 0 aliphatic heterocycles. The molecule has 2 nitrogen and oxygen atoms in total. The van der Waals surface area contributed by atoms with Crippen molar-refractivity contribution in [2.24, 2.45) is 5.92 Å². The van der Waals surface area contributed by atoms with Crippen LogP contribution in [0, 0.1) is 5.92 Å². The standard InChI is InChI=1S/C13H18O2/c1-3-4-10(2)9-11-5-7-12(8-6-11)13(14)15/h5-8,10H,3-4,9H2,1-2H3,(H,14,15)/t10-/m0/s1. The van der Waals surface area contributed by atoms with E-state index in [1.807, 2.05) is 12.1 Å². The number of carboxylic acid groups (broad SMARTS) is 1. The second-order valence-electron chi connectivity index (χ2n) is 4.10. The predicted molar refractivity (Wildman–Crippen MR) is 61.2 cm³/mol. The van der Waals surface area contributed by atoms with E-state index in [9.17, 15) is 4.79 Å². The van der Waals surface area contributed by atoms with Crippen molar-refractivity contribution >= 4 is 5.97 Å². The molecule has 0 amide bonds. The lowest BCUT2D eigenvalue weighted by Crippen LogP contribution is -2.00. The minimum Gasteiger partial charge on any atom is -0.478 e. The highest BCUT2D eigenvalue weighted by atomic mass is 16.4. The Hall–Kier alpha value is -1.31. The van der Waals surface area contributed by atoms with Gasteiger partial charge in [-0.2, -0.15) is 0 Å². The van der Waals surface area contributed by atoms with Gasteiger partial charge in [-0.05, 0) is 30.0 Å². The van der Waals surface area contributed by atoms with Crippen LogP contribution in [0.4, 0.5) is 0 Å². The van der Waals surface area contributed by atoms with Gasteiger partial charge in [-0.25, -0.2) is 4.79 Å². The highest BCUT2D eigenvalue weighted by Gasteiger charge is 2.04. The molecule has 0 unspecified atom stereocenters. The molecule has 2 heteroatoms. The average Bonchev–Trinajstić information content (AvgIpc) is 2.18. The Balaban J connectivity index is 2.60. The van der Waals surface area contributed by atoms with Gasteiger partial charge in [0.05, 0.1) is 5.56 Å². The van der Waals surface area contributed by atoms with E-state index < -0.39 is 5.97 Å². The van der Waals surface area contributed by atoms with Crippen molar-refractivity contribution in [3.63, 3.8) is 0 Å². The first-order chi connectivity index (χ1) is 7.13. The molecule has 82 valence electrons. The SMILES string of the molecule is CCC[C@H](C)Cc1ccc(C(=O)O)cc1. The van der Waals surface area contributed by atoms with Gasteiger partial charge in [0.1, 0.15) is 0 Å². The third-order valence-corrected chi connectivity index (χ3v) is 2.57. The van der Waals surface area contributed by atoms with Gasteiger partial charge in [0.2, 0.25) is 0 Å². The Morgan fingerprint density at radius 1 is 1.33 bits per heavy atom. The highest BCUT2D eigenvalue weighted by molar-refractivity contribution is 5.87. The van der Waals surface area contributed by atoms with E-state index in [0.717, 1.165) is 6.42 Å². The Labute approximate surface area is 90.9 Å². The van der Waals surface area contributed by atoms with Crippen LogP contribution in [0.5, 0.6) is 0 Å². The van der Waals surface area contributed by atoms with Crippen molar-refractivity contribution < 1.29 is 9.90 Å². The maximum absolute atomic E-state index is 10.6. The van der Waals surface area contributed by atoms with Crippen molar-refractivity contribution in [3.05, 3.63) is 35.4 Å². The van der Waals surface area contributed by atoms with Gasteiger partial charge >= 0.3 is 5.97 Å². The van der Waals surface area contributed by atoms with Gasteiger partial charge in [-0.3, -0.25) is 0 Å². The van der Waals surface area contributed by atoms with Gasteiger partial charge in [0.15, 0.2) is 0 Å². The van der Waals surface area contributed by atoms with Crippen LogP contribution >= 0.6 is 0 Å². The number of aromatic carboxylic acids is 1. The summed E-state index contributed by atoms with van der Waals surface area (Å²) in [5.74, 6) is -0.186. The van der Waals surface area contributed by atoms with Gasteiger partial charge in [-0.1, -0.05) is 38.8 Å². The average molecular weight is 206 g/mol. The van der Waals surface area contributed by atoms with E-state index in [-0.39, 0.29) is 0 Å². The summed E-state index contributed by atoms with van der Waals surface area (Å²) in [6.45, 7) is 4.42. The molecule has 0 aliphatic rings. The molecule has 0 saturated heterocycles. The largest absolute Gasteiger partial charge is 0.478 e. The molecule has 0 fully saturated rings. The van der Waals surface area contributed by atoms with Gasteiger partial charge in [0.25, 0.3) is 0 Å². The first-order valence-electron chi connectivity index (χ1n) is 5.45. The zero-order valence-electron chi connectivity index (χ0n) is 9.36. The molecule has 0 bridgehead atoms. The van der Waals surface area contributed by atoms with E-state index in [4.69, 9.17) is 5.11 Å². The first kappa shape index (κ1) is 11.8. The molecule has 15 heavy (non-hydrogen) atoms. The lowest BCUT2D eigenvalue weighted by Gasteiger charge is -2.09. The summed E-state index contributed by atoms with van der Waals surface area (Å²) in [5, 5.41) is 8.74. The van der Waals surface area contributed by atoms with Crippen LogP contribution in [0.1, 0.15) is 42.6 Å². The maximum Gasteiger partial charge on any atom is 0.335 e. The number of carboxylic acids is 1. The van der Waals surface area contributed by atoms with Crippen molar-refractivity contribution in [2.45, 2.75) is 33.1 Å². The molecule has 1 N–H and O–H groups in total. The van der Waals surface area contributed by atoms with Gasteiger partial charge < -0.3 is 5.11 Å². The predicted octanol–water partition coefficient (Wildman–Crippen LogP) is 3.36. The third-order valence-electron chi connectivity index (χ3n) is 2.57. The highest BCUT2D eigenvalue weighted by Crippen LogP contribution is 2.14. The van der Waals surface area contributed by atoms with Crippen molar-refractivity contribution in [1.82, 2.24) is 0 Å². The van der Waals surface area contributed by atoms with Crippen LogP contribution in [-0.4, -0.2) is 11.1 Å². The number of carbonyl (C=O) groups is 1. The second kappa shape index (κ2) is 5.54. The van der Waals surface area contributed by atoms with E-state index in [1.165, 1.54) is 18.4 Å². The Bertz CT molecular complexity index is 314. The summed E-state index contributed by atoms with van der Waals surface area (Å²) < 4.78 is 0. The summed E-state index contributed by atoms with van der Waals surface area (Å²) in [6, 6.07) is 7.18. The molecule has 1 atom stereocenters. The van der Waals surface area contributed by atoms with Crippen molar-refractivity contribution in [2.75, 3.05) is 0 Å². The minimum absolute atomic E-state index is 0.363. The van der Waals surface area contributed by atoms with E-state index in [1.54, 1.807) is 12.1 Å². The summed E-state index contributed by atoms with van der Waals surface area (Å²) in [6.07, 6.45) is 3.46. The second-order valence-corrected chi connectivity index (χ2v) is 4.10.